The molecule has 1 N–H and O–H groups in total. The maximum atomic E-state index is 6.58. The maximum absolute atomic E-state index is 6.58. The van der Waals surface area contributed by atoms with E-state index in [0.717, 1.165) is 88.5 Å². The van der Waals surface area contributed by atoms with E-state index < -0.39 is 0 Å². The van der Waals surface area contributed by atoms with Gasteiger partial charge < -0.3 is 14.2 Å². The van der Waals surface area contributed by atoms with Gasteiger partial charge in [-0.05, 0) is 81.1 Å². The predicted molar refractivity (Wildman–Crippen MR) is 221 cm³/mol. The summed E-state index contributed by atoms with van der Waals surface area (Å²) in [6.07, 6.45) is -0.378. The van der Waals surface area contributed by atoms with Crippen molar-refractivity contribution in [1.29, 1.82) is 0 Å². The molecule has 1 atom stereocenters. The smallest absolute Gasteiger partial charge is 0.159 e. The van der Waals surface area contributed by atoms with Gasteiger partial charge in [-0.1, -0.05) is 133 Å². The average molecular weight is 694 g/mol. The lowest BCUT2D eigenvalue weighted by molar-refractivity contribution is 0.668. The minimum absolute atomic E-state index is 0.378. The molecule has 0 saturated heterocycles. The highest BCUT2D eigenvalue weighted by Gasteiger charge is 2.25. The molecular weight excluding hydrogens is 663 g/mol. The summed E-state index contributed by atoms with van der Waals surface area (Å²) in [4.78, 5) is 10.6. The Morgan fingerprint density at radius 2 is 1.07 bits per heavy atom. The summed E-state index contributed by atoms with van der Waals surface area (Å²) < 4.78 is 12.8. The van der Waals surface area contributed by atoms with Crippen LogP contribution in [0.1, 0.15) is 22.9 Å². The SMILES string of the molecule is c1ccc(-c2ccc(C3=NC(c4ccc5ccccc5c4)NC(c4cc(-c5ccc6oc7ccccc7c6c5)cc5oc6ccccc6c45)=N3)cc2)cc1. The number of para-hydroxylation sites is 2. The van der Waals surface area contributed by atoms with Gasteiger partial charge in [0, 0.05) is 32.7 Å². The molecule has 54 heavy (non-hydrogen) atoms. The fraction of sp³-hybridized carbons (Fsp3) is 0.0204. The van der Waals surface area contributed by atoms with E-state index in [-0.39, 0.29) is 6.17 Å². The third kappa shape index (κ3) is 5.09. The molecule has 10 aromatic rings. The van der Waals surface area contributed by atoms with Gasteiger partial charge in [-0.2, -0.15) is 0 Å². The lowest BCUT2D eigenvalue weighted by atomic mass is 9.96. The van der Waals surface area contributed by atoms with Crippen LogP contribution in [0.25, 0.3) is 76.9 Å². The van der Waals surface area contributed by atoms with Gasteiger partial charge in [0.2, 0.25) is 0 Å². The summed E-state index contributed by atoms with van der Waals surface area (Å²) in [7, 11) is 0. The number of aliphatic imine (C=N–C) groups is 2. The lowest BCUT2D eigenvalue weighted by Gasteiger charge is -2.24. The topological polar surface area (TPSA) is 63.0 Å². The van der Waals surface area contributed by atoms with E-state index in [4.69, 9.17) is 18.8 Å². The normalized spacial score (nSPS) is 14.5. The Labute approximate surface area is 310 Å². The number of benzene rings is 8. The Balaban J connectivity index is 1.11. The number of hydrogen-bond acceptors (Lipinski definition) is 5. The number of nitrogens with zero attached hydrogens (tertiary/aromatic N) is 2. The fourth-order valence-corrected chi connectivity index (χ4v) is 7.82. The Bertz CT molecular complexity index is 3130. The van der Waals surface area contributed by atoms with Gasteiger partial charge in [0.05, 0.1) is 0 Å². The highest BCUT2D eigenvalue weighted by Crippen LogP contribution is 2.39. The van der Waals surface area contributed by atoms with E-state index in [1.54, 1.807) is 0 Å². The van der Waals surface area contributed by atoms with Crippen LogP contribution in [0, 0.1) is 0 Å². The first-order valence-electron chi connectivity index (χ1n) is 18.2. The van der Waals surface area contributed by atoms with E-state index in [2.05, 4.69) is 151 Å². The van der Waals surface area contributed by atoms with Crippen LogP contribution in [-0.4, -0.2) is 11.7 Å². The van der Waals surface area contributed by atoms with Gasteiger partial charge in [0.25, 0.3) is 0 Å². The van der Waals surface area contributed by atoms with Crippen LogP contribution in [0.3, 0.4) is 0 Å². The van der Waals surface area contributed by atoms with E-state index >= 15 is 0 Å². The van der Waals surface area contributed by atoms with Crippen LogP contribution in [0.5, 0.6) is 0 Å². The number of rotatable bonds is 5. The number of amidine groups is 2. The van der Waals surface area contributed by atoms with Crippen LogP contribution in [0.4, 0.5) is 0 Å². The van der Waals surface area contributed by atoms with Crippen molar-refractivity contribution in [2.24, 2.45) is 9.98 Å². The van der Waals surface area contributed by atoms with Crippen molar-refractivity contribution < 1.29 is 8.83 Å². The zero-order valence-corrected chi connectivity index (χ0v) is 29.0. The summed E-state index contributed by atoms with van der Waals surface area (Å²) in [5.74, 6) is 1.40. The zero-order valence-electron chi connectivity index (χ0n) is 29.0. The summed E-state index contributed by atoms with van der Waals surface area (Å²) in [6.45, 7) is 0. The predicted octanol–water partition coefficient (Wildman–Crippen LogP) is 12.5. The van der Waals surface area contributed by atoms with E-state index in [1.807, 2.05) is 30.3 Å². The van der Waals surface area contributed by atoms with Crippen LogP contribution >= 0.6 is 0 Å². The Kier molecular flexibility index (Phi) is 6.85. The summed E-state index contributed by atoms with van der Waals surface area (Å²) in [5.41, 5.74) is 10.7. The second-order valence-electron chi connectivity index (χ2n) is 13.8. The number of furan rings is 2. The molecule has 3 heterocycles. The minimum atomic E-state index is -0.378. The van der Waals surface area contributed by atoms with Crippen LogP contribution in [0.2, 0.25) is 0 Å². The molecule has 0 radical (unpaired) electrons. The van der Waals surface area contributed by atoms with Crippen molar-refractivity contribution in [3.63, 3.8) is 0 Å². The molecule has 0 amide bonds. The summed E-state index contributed by atoms with van der Waals surface area (Å²) in [5, 5.41) is 10.3. The lowest BCUT2D eigenvalue weighted by Crippen LogP contribution is -2.33. The molecule has 1 aliphatic heterocycles. The third-order valence-corrected chi connectivity index (χ3v) is 10.5. The molecule has 1 unspecified atom stereocenters. The molecule has 0 saturated carbocycles. The molecule has 5 nitrogen and oxygen atoms in total. The molecule has 0 aliphatic carbocycles. The second-order valence-corrected chi connectivity index (χ2v) is 13.8. The number of nitrogens with one attached hydrogen (secondary N) is 1. The van der Waals surface area contributed by atoms with Gasteiger partial charge in [-0.25, -0.2) is 9.98 Å². The van der Waals surface area contributed by atoms with Crippen molar-refractivity contribution in [3.8, 4) is 22.3 Å². The fourth-order valence-electron chi connectivity index (χ4n) is 7.82. The Morgan fingerprint density at radius 3 is 1.93 bits per heavy atom. The van der Waals surface area contributed by atoms with Crippen LogP contribution < -0.4 is 5.32 Å². The first-order valence-corrected chi connectivity index (χ1v) is 18.2. The summed E-state index contributed by atoms with van der Waals surface area (Å²) >= 11 is 0. The van der Waals surface area contributed by atoms with Gasteiger partial charge >= 0.3 is 0 Å². The zero-order chi connectivity index (χ0) is 35.6. The second kappa shape index (κ2) is 12.2. The third-order valence-electron chi connectivity index (χ3n) is 10.5. The Hall–Kier alpha value is -7.24. The van der Waals surface area contributed by atoms with Gasteiger partial charge in [-0.15, -0.1) is 0 Å². The molecule has 1 aliphatic rings. The van der Waals surface area contributed by atoms with Crippen molar-refractivity contribution in [2.45, 2.75) is 6.17 Å². The van der Waals surface area contributed by atoms with Crippen molar-refractivity contribution in [2.75, 3.05) is 0 Å². The van der Waals surface area contributed by atoms with E-state index in [9.17, 15) is 0 Å². The molecule has 2 aromatic heterocycles. The van der Waals surface area contributed by atoms with Crippen molar-refractivity contribution in [1.82, 2.24) is 5.32 Å². The van der Waals surface area contributed by atoms with Crippen LogP contribution in [0.15, 0.2) is 195 Å². The quantitative estimate of drug-likeness (QED) is 0.195. The first-order chi connectivity index (χ1) is 26.7. The highest BCUT2D eigenvalue weighted by atomic mass is 16.3. The van der Waals surface area contributed by atoms with Crippen LogP contribution in [-0.2, 0) is 0 Å². The Morgan fingerprint density at radius 1 is 0.426 bits per heavy atom. The molecule has 0 fully saturated rings. The monoisotopic (exact) mass is 693 g/mol. The number of fused-ring (bicyclic) bond motifs is 7. The van der Waals surface area contributed by atoms with E-state index in [0.29, 0.717) is 5.84 Å². The van der Waals surface area contributed by atoms with Gasteiger partial charge in [-0.3, -0.25) is 0 Å². The van der Waals surface area contributed by atoms with Crippen molar-refractivity contribution in [3.05, 3.63) is 193 Å². The van der Waals surface area contributed by atoms with E-state index in [1.165, 1.54) is 10.9 Å². The highest BCUT2D eigenvalue weighted by molar-refractivity contribution is 6.22. The molecule has 0 spiro atoms. The van der Waals surface area contributed by atoms with Gasteiger partial charge in [0.1, 0.15) is 34.3 Å². The molecule has 0 bridgehead atoms. The molecule has 8 aromatic carbocycles. The molecular formula is C49H31N3O2. The summed E-state index contributed by atoms with van der Waals surface area (Å²) in [6, 6.07) is 61.1. The minimum Gasteiger partial charge on any atom is -0.456 e. The first kappa shape index (κ1) is 30.4. The maximum Gasteiger partial charge on any atom is 0.159 e. The average Bonchev–Trinajstić information content (AvgIpc) is 3.81. The largest absolute Gasteiger partial charge is 0.456 e. The molecule has 254 valence electrons. The molecule has 5 heteroatoms. The van der Waals surface area contributed by atoms with Gasteiger partial charge in [0.15, 0.2) is 5.84 Å². The van der Waals surface area contributed by atoms with Crippen molar-refractivity contribution >= 4 is 66.3 Å². The number of hydrogen-bond donors (Lipinski definition) is 1. The molecule has 11 rings (SSSR count). The standard InChI is InChI=1S/C49H31N3O2/c1-2-10-30(11-3-1)32-18-21-33(22-19-32)47-50-48(36-23-20-31-12-4-5-13-34(31)26-36)52-49(51-47)41-28-37(29-45-46(41)39-15-7-9-17-43(39)54-45)35-24-25-44-40(27-35)38-14-6-8-16-42(38)53-44/h1-29,48H,(H,50,51,52).